The molecule has 0 spiro atoms. The van der Waals surface area contributed by atoms with Gasteiger partial charge in [-0.2, -0.15) is 5.10 Å². The average molecular weight is 562 g/mol. The van der Waals surface area contributed by atoms with Crippen molar-refractivity contribution >= 4 is 17.2 Å². The number of morpholine rings is 1. The Hall–Kier alpha value is -2.92. The van der Waals surface area contributed by atoms with Gasteiger partial charge in [-0.05, 0) is 43.5 Å². The van der Waals surface area contributed by atoms with E-state index in [4.69, 9.17) is 4.74 Å². The Morgan fingerprint density at radius 2 is 1.90 bits per heavy atom. The molecule has 4 atom stereocenters. The molecule has 6 heterocycles. The Bertz CT molecular complexity index is 1430. The van der Waals surface area contributed by atoms with E-state index < -0.39 is 0 Å². The normalized spacial score (nSPS) is 28.0. The van der Waals surface area contributed by atoms with Gasteiger partial charge < -0.3 is 15.0 Å². The number of hydrogen-bond donors (Lipinski definition) is 1. The number of fused-ring (bicyclic) bond motifs is 5. The van der Waals surface area contributed by atoms with Gasteiger partial charge in [0.15, 0.2) is 5.65 Å². The second kappa shape index (κ2) is 10.4. The summed E-state index contributed by atoms with van der Waals surface area (Å²) in [7, 11) is 0. The van der Waals surface area contributed by atoms with Crippen LogP contribution >= 0.6 is 0 Å². The minimum Gasteiger partial charge on any atom is -0.372 e. The summed E-state index contributed by atoms with van der Waals surface area (Å²) < 4.78 is 21.5. The van der Waals surface area contributed by atoms with Crippen LogP contribution in [0.1, 0.15) is 50.4 Å². The molecule has 2 aromatic heterocycles. The van der Waals surface area contributed by atoms with Crippen LogP contribution in [0.15, 0.2) is 36.7 Å². The number of ether oxygens (including phenoxy) is 1. The first-order valence-corrected chi connectivity index (χ1v) is 15.0. The van der Waals surface area contributed by atoms with Crippen molar-refractivity contribution in [3.8, 4) is 0 Å². The van der Waals surface area contributed by atoms with Crippen LogP contribution in [0.4, 0.5) is 10.1 Å². The van der Waals surface area contributed by atoms with Crippen LogP contribution in [0, 0.1) is 5.82 Å². The maximum absolute atomic E-state index is 14.1. The zero-order valence-electron chi connectivity index (χ0n) is 24.2. The highest BCUT2D eigenvalue weighted by Crippen LogP contribution is 2.42. The average Bonchev–Trinajstić information content (AvgIpc) is 3.62. The monoisotopic (exact) mass is 561 g/mol. The summed E-state index contributed by atoms with van der Waals surface area (Å²) in [6, 6.07) is 9.28. The summed E-state index contributed by atoms with van der Waals surface area (Å²) in [5.74, 6) is -0.138. The zero-order valence-corrected chi connectivity index (χ0v) is 24.2. The predicted octanol–water partition coefficient (Wildman–Crippen LogP) is 2.61. The molecule has 218 valence electrons. The lowest BCUT2D eigenvalue weighted by Crippen LogP contribution is -2.61. The maximum Gasteiger partial charge on any atom is 0.241 e. The molecule has 3 fully saturated rings. The van der Waals surface area contributed by atoms with Crippen LogP contribution < -0.4 is 10.2 Å². The summed E-state index contributed by atoms with van der Waals surface area (Å²) in [6.07, 6.45) is 5.21. The van der Waals surface area contributed by atoms with Crippen LogP contribution in [-0.4, -0.2) is 100 Å². The molecule has 3 aromatic rings. The number of amides is 1. The van der Waals surface area contributed by atoms with Gasteiger partial charge in [0.25, 0.3) is 0 Å². The van der Waals surface area contributed by atoms with Crippen molar-refractivity contribution in [3.05, 3.63) is 59.3 Å². The van der Waals surface area contributed by atoms with Crippen LogP contribution in [0.2, 0.25) is 0 Å². The molecular formula is C31H40FN7O2. The number of carbonyl (C=O) groups is 1. The number of carbonyl (C=O) groups excluding carboxylic acids is 1. The number of likely N-dealkylation sites (tertiary alicyclic amines) is 1. The smallest absolute Gasteiger partial charge is 0.241 e. The molecule has 0 saturated carbocycles. The van der Waals surface area contributed by atoms with Crippen molar-refractivity contribution < 1.29 is 13.9 Å². The van der Waals surface area contributed by atoms with E-state index in [0.29, 0.717) is 37.8 Å². The van der Waals surface area contributed by atoms with Crippen LogP contribution in [0.3, 0.4) is 0 Å². The maximum atomic E-state index is 14.1. The van der Waals surface area contributed by atoms with Gasteiger partial charge in [0.2, 0.25) is 5.91 Å². The van der Waals surface area contributed by atoms with E-state index in [2.05, 4.69) is 52.0 Å². The molecular weight excluding hydrogens is 521 g/mol. The first-order valence-electron chi connectivity index (χ1n) is 15.0. The number of piperazine rings is 1. The van der Waals surface area contributed by atoms with Crippen molar-refractivity contribution in [1.82, 2.24) is 29.7 Å². The van der Waals surface area contributed by atoms with E-state index in [1.807, 2.05) is 9.42 Å². The summed E-state index contributed by atoms with van der Waals surface area (Å²) in [4.78, 5) is 25.6. The number of rotatable bonds is 6. The molecule has 1 N–H and O–H groups in total. The van der Waals surface area contributed by atoms with Crippen molar-refractivity contribution in [2.75, 3.05) is 50.7 Å². The van der Waals surface area contributed by atoms with Crippen molar-refractivity contribution in [2.45, 2.75) is 69.7 Å². The molecule has 3 saturated heterocycles. The molecule has 4 aliphatic rings. The molecule has 0 radical (unpaired) electrons. The molecule has 4 aliphatic heterocycles. The fourth-order valence-electron chi connectivity index (χ4n) is 7.41. The Morgan fingerprint density at radius 3 is 2.66 bits per heavy atom. The number of nitrogens with zero attached hydrogens (tertiary/aromatic N) is 6. The Kier molecular flexibility index (Phi) is 6.84. The lowest BCUT2D eigenvalue weighted by Gasteiger charge is -2.43. The molecule has 10 heteroatoms. The van der Waals surface area contributed by atoms with Crippen LogP contribution in [0.25, 0.3) is 5.65 Å². The zero-order chi connectivity index (χ0) is 28.3. The first-order chi connectivity index (χ1) is 19.7. The van der Waals surface area contributed by atoms with E-state index in [9.17, 15) is 9.18 Å². The number of hydrogen-bond acceptors (Lipinski definition) is 7. The third-order valence-corrected chi connectivity index (χ3v) is 9.35. The summed E-state index contributed by atoms with van der Waals surface area (Å²) >= 11 is 0. The molecule has 0 aliphatic carbocycles. The number of anilines is 1. The van der Waals surface area contributed by atoms with Crippen molar-refractivity contribution in [1.29, 1.82) is 0 Å². The molecule has 7 rings (SSSR count). The van der Waals surface area contributed by atoms with E-state index in [0.717, 1.165) is 73.7 Å². The largest absolute Gasteiger partial charge is 0.372 e. The SMILES string of the molecule is C[C@@H]1CN(CC(=O)N2CC(C)(C)c3c2cc(Cc2ccc(F)cc2)c2ncnn32)[C@H](CN2CC3CCC(C2)O3)CN1. The minimum absolute atomic E-state index is 0.116. The molecule has 2 bridgehead atoms. The third-order valence-electron chi connectivity index (χ3n) is 9.35. The number of halogens is 1. The predicted molar refractivity (Wildman–Crippen MR) is 155 cm³/mol. The second-order valence-corrected chi connectivity index (χ2v) is 13.1. The van der Waals surface area contributed by atoms with Crippen LogP contribution in [0.5, 0.6) is 0 Å². The van der Waals surface area contributed by atoms with E-state index in [1.54, 1.807) is 18.5 Å². The minimum atomic E-state index is -0.283. The Morgan fingerprint density at radius 1 is 1.15 bits per heavy atom. The number of benzene rings is 1. The van der Waals surface area contributed by atoms with Gasteiger partial charge in [-0.25, -0.2) is 13.9 Å². The first kappa shape index (κ1) is 26.9. The highest BCUT2D eigenvalue weighted by Gasteiger charge is 2.43. The molecule has 1 amide bonds. The molecule has 2 unspecified atom stereocenters. The van der Waals surface area contributed by atoms with Crippen molar-refractivity contribution in [3.63, 3.8) is 0 Å². The number of nitrogens with one attached hydrogen (secondary N) is 1. The van der Waals surface area contributed by atoms with Crippen LogP contribution in [-0.2, 0) is 21.4 Å². The van der Waals surface area contributed by atoms with E-state index >= 15 is 0 Å². The van der Waals surface area contributed by atoms with Gasteiger partial charge in [0.1, 0.15) is 12.1 Å². The van der Waals surface area contributed by atoms with E-state index in [1.165, 1.54) is 12.1 Å². The van der Waals surface area contributed by atoms with Crippen molar-refractivity contribution in [2.24, 2.45) is 0 Å². The fourth-order valence-corrected chi connectivity index (χ4v) is 7.41. The van der Waals surface area contributed by atoms with Gasteiger partial charge >= 0.3 is 0 Å². The van der Waals surface area contributed by atoms with E-state index in [-0.39, 0.29) is 23.2 Å². The molecule has 9 nitrogen and oxygen atoms in total. The third kappa shape index (κ3) is 5.16. The van der Waals surface area contributed by atoms with Gasteiger partial charge in [0, 0.05) is 68.8 Å². The quantitative estimate of drug-likeness (QED) is 0.496. The fraction of sp³-hybridized carbons (Fsp3) is 0.581. The lowest BCUT2D eigenvalue weighted by atomic mass is 9.90. The Balaban J connectivity index is 1.15. The van der Waals surface area contributed by atoms with Gasteiger partial charge in [0.05, 0.1) is 30.1 Å². The highest BCUT2D eigenvalue weighted by molar-refractivity contribution is 5.97. The summed E-state index contributed by atoms with van der Waals surface area (Å²) in [5, 5.41) is 8.24. The lowest BCUT2D eigenvalue weighted by molar-refractivity contribution is -0.121. The highest BCUT2D eigenvalue weighted by atomic mass is 19.1. The number of aromatic nitrogens is 3. The van der Waals surface area contributed by atoms with Gasteiger partial charge in [-0.15, -0.1) is 0 Å². The molecule has 1 aromatic carbocycles. The summed E-state index contributed by atoms with van der Waals surface area (Å²) in [6.45, 7) is 12.2. The van der Waals surface area contributed by atoms with Gasteiger partial charge in [-0.1, -0.05) is 26.0 Å². The van der Waals surface area contributed by atoms with Gasteiger partial charge in [-0.3, -0.25) is 14.6 Å². The Labute approximate surface area is 240 Å². The standard InChI is InChI=1S/C31H40FN7O2/c1-20-13-37(24(12-33-20)14-36-15-25-8-9-26(16-36)41-25)17-28(40)38-18-31(2,3)29-27(38)11-22(30-34-19-35-39(29)30)10-21-4-6-23(32)7-5-21/h4-7,11,19-20,24-26,33H,8-10,12-18H2,1-3H3/t20-,24+,25?,26?/m1/s1. The summed E-state index contributed by atoms with van der Waals surface area (Å²) in [5.41, 5.74) is 4.37. The second-order valence-electron chi connectivity index (χ2n) is 13.1. The number of pyridine rings is 1. The topological polar surface area (TPSA) is 78.2 Å². The molecule has 41 heavy (non-hydrogen) atoms.